The molecule has 3 aromatic carbocycles. The molecule has 3 rings (SSSR count). The normalized spacial score (nSPS) is 11.4. The van der Waals surface area contributed by atoms with Crippen LogP contribution in [0.1, 0.15) is 32.6 Å². The molecule has 0 bridgehead atoms. The van der Waals surface area contributed by atoms with E-state index >= 15 is 0 Å². The number of carbonyl (C=O) groups excluding carboxylic acids is 1. The lowest BCUT2D eigenvalue weighted by atomic mass is 10.1. The molecule has 2 N–H and O–H groups in total. The van der Waals surface area contributed by atoms with E-state index < -0.39 is 28.4 Å². The van der Waals surface area contributed by atoms with Crippen molar-refractivity contribution in [2.24, 2.45) is 5.10 Å². The number of hydrogen-bond acceptors (Lipinski definition) is 5. The molecule has 0 heterocycles. The summed E-state index contributed by atoms with van der Waals surface area (Å²) in [6.45, 7) is 5.06. The van der Waals surface area contributed by atoms with E-state index in [0.717, 1.165) is 21.0 Å². The zero-order chi connectivity index (χ0) is 24.9. The summed E-state index contributed by atoms with van der Waals surface area (Å²) in [6, 6.07) is 17.6. The second-order valence-corrected chi connectivity index (χ2v) is 9.63. The molecule has 0 aliphatic rings. The Morgan fingerprint density at radius 2 is 1.62 bits per heavy atom. The summed E-state index contributed by atoms with van der Waals surface area (Å²) in [5, 5.41) is 12.8. The van der Waals surface area contributed by atoms with E-state index in [9.17, 15) is 18.0 Å². The van der Waals surface area contributed by atoms with Crippen molar-refractivity contribution >= 4 is 33.8 Å². The minimum atomic E-state index is -4.03. The first-order valence-electron chi connectivity index (χ1n) is 10.4. The van der Waals surface area contributed by atoms with Crippen LogP contribution < -0.4 is 9.73 Å². The predicted molar refractivity (Wildman–Crippen MR) is 131 cm³/mol. The van der Waals surface area contributed by atoms with Gasteiger partial charge in [0.2, 0.25) is 0 Å². The van der Waals surface area contributed by atoms with Crippen LogP contribution in [0.25, 0.3) is 0 Å². The van der Waals surface area contributed by atoms with Crippen LogP contribution in [0.2, 0.25) is 0 Å². The van der Waals surface area contributed by atoms with E-state index in [0.29, 0.717) is 11.3 Å². The maximum absolute atomic E-state index is 13.5. The second-order valence-electron chi connectivity index (χ2n) is 7.76. The van der Waals surface area contributed by atoms with E-state index in [-0.39, 0.29) is 10.5 Å². The van der Waals surface area contributed by atoms with Crippen LogP contribution in [-0.4, -0.2) is 38.2 Å². The summed E-state index contributed by atoms with van der Waals surface area (Å²) in [5.74, 6) is -1.67. The third kappa shape index (κ3) is 5.68. The van der Waals surface area contributed by atoms with E-state index in [4.69, 9.17) is 5.11 Å². The zero-order valence-electron chi connectivity index (χ0n) is 19.0. The minimum absolute atomic E-state index is 0.0776. The highest BCUT2D eigenvalue weighted by atomic mass is 32.2. The van der Waals surface area contributed by atoms with Crippen molar-refractivity contribution in [3.8, 4) is 0 Å². The number of carbonyl (C=O) groups is 2. The van der Waals surface area contributed by atoms with Crippen molar-refractivity contribution in [1.82, 2.24) is 5.43 Å². The number of sulfonamides is 1. The van der Waals surface area contributed by atoms with Crippen LogP contribution in [0, 0.1) is 20.8 Å². The molecule has 0 aliphatic carbocycles. The number of aromatic carboxylic acids is 1. The van der Waals surface area contributed by atoms with Crippen LogP contribution in [0.5, 0.6) is 0 Å². The fourth-order valence-electron chi connectivity index (χ4n) is 3.20. The minimum Gasteiger partial charge on any atom is -0.478 e. The van der Waals surface area contributed by atoms with Gasteiger partial charge in [0, 0.05) is 0 Å². The number of rotatable bonds is 8. The van der Waals surface area contributed by atoms with E-state index in [1.807, 2.05) is 19.9 Å². The number of nitrogens with one attached hydrogen (secondary N) is 1. The first kappa shape index (κ1) is 24.7. The first-order chi connectivity index (χ1) is 16.1. The Morgan fingerprint density at radius 1 is 0.971 bits per heavy atom. The Kier molecular flexibility index (Phi) is 7.47. The third-order valence-corrected chi connectivity index (χ3v) is 7.08. The lowest BCUT2D eigenvalue weighted by Crippen LogP contribution is -2.40. The average molecular weight is 480 g/mol. The summed E-state index contributed by atoms with van der Waals surface area (Å²) >= 11 is 0. The molecule has 0 fully saturated rings. The molecule has 9 heteroatoms. The van der Waals surface area contributed by atoms with Gasteiger partial charge in [0.25, 0.3) is 15.9 Å². The lowest BCUT2D eigenvalue weighted by molar-refractivity contribution is -0.119. The topological polar surface area (TPSA) is 116 Å². The van der Waals surface area contributed by atoms with Crippen molar-refractivity contribution in [3.05, 3.63) is 94.5 Å². The fraction of sp³-hybridized carbons (Fsp3) is 0.160. The standard InChI is InChI=1S/C25H25N3O5S/c1-17-7-13-22(14-8-17)34(32,33)28(23-6-4-5-18(2)19(23)3)16-24(29)27-26-15-20-9-11-21(12-10-20)25(30)31/h4-15H,16H2,1-3H3,(H,27,29)(H,30,31)/b26-15-. The number of anilines is 1. The van der Waals surface area contributed by atoms with Crippen molar-refractivity contribution < 1.29 is 23.1 Å². The molecule has 0 aromatic heterocycles. The molecular formula is C25H25N3O5S. The highest BCUT2D eigenvalue weighted by Gasteiger charge is 2.28. The molecule has 0 aliphatic heterocycles. The summed E-state index contributed by atoms with van der Waals surface area (Å²) in [4.78, 5) is 23.7. The highest BCUT2D eigenvalue weighted by Crippen LogP contribution is 2.28. The Labute approximate surface area is 198 Å². The maximum Gasteiger partial charge on any atom is 0.335 e. The number of hydrazone groups is 1. The van der Waals surface area contributed by atoms with E-state index in [1.165, 1.54) is 30.5 Å². The number of hydrogen-bond donors (Lipinski definition) is 2. The Bertz CT molecular complexity index is 1330. The monoisotopic (exact) mass is 479 g/mol. The van der Waals surface area contributed by atoms with Gasteiger partial charge in [0.15, 0.2) is 0 Å². The maximum atomic E-state index is 13.5. The molecule has 0 saturated carbocycles. The SMILES string of the molecule is Cc1ccc(S(=O)(=O)N(CC(=O)N/N=C\c2ccc(C(=O)O)cc2)c2cccc(C)c2C)cc1. The van der Waals surface area contributed by atoms with Gasteiger partial charge in [0.05, 0.1) is 22.4 Å². The fourth-order valence-corrected chi connectivity index (χ4v) is 4.68. The summed E-state index contributed by atoms with van der Waals surface area (Å²) in [6.07, 6.45) is 1.35. The summed E-state index contributed by atoms with van der Waals surface area (Å²) in [7, 11) is -4.03. The molecule has 176 valence electrons. The smallest absolute Gasteiger partial charge is 0.335 e. The van der Waals surface area contributed by atoms with Crippen molar-refractivity contribution in [2.75, 3.05) is 10.8 Å². The van der Waals surface area contributed by atoms with Gasteiger partial charge in [-0.05, 0) is 67.8 Å². The first-order valence-corrected chi connectivity index (χ1v) is 11.8. The van der Waals surface area contributed by atoms with Gasteiger partial charge < -0.3 is 5.11 Å². The number of carboxylic acids is 1. The van der Waals surface area contributed by atoms with Crippen LogP contribution in [-0.2, 0) is 14.8 Å². The molecule has 34 heavy (non-hydrogen) atoms. The molecule has 0 spiro atoms. The van der Waals surface area contributed by atoms with Gasteiger partial charge in [-0.1, -0.05) is 42.0 Å². The lowest BCUT2D eigenvalue weighted by Gasteiger charge is -2.26. The molecule has 0 atom stereocenters. The zero-order valence-corrected chi connectivity index (χ0v) is 19.8. The Hall–Kier alpha value is -3.98. The summed E-state index contributed by atoms with van der Waals surface area (Å²) in [5.41, 5.74) is 6.01. The van der Waals surface area contributed by atoms with Gasteiger partial charge in [-0.3, -0.25) is 9.10 Å². The van der Waals surface area contributed by atoms with Gasteiger partial charge in [0.1, 0.15) is 6.54 Å². The summed E-state index contributed by atoms with van der Waals surface area (Å²) < 4.78 is 28.0. The number of carboxylic acid groups (broad SMARTS) is 1. The van der Waals surface area contributed by atoms with Crippen LogP contribution in [0.3, 0.4) is 0 Å². The van der Waals surface area contributed by atoms with Gasteiger partial charge >= 0.3 is 5.97 Å². The Balaban J connectivity index is 1.85. The predicted octanol–water partition coefficient (Wildman–Crippen LogP) is 3.66. The van der Waals surface area contributed by atoms with Gasteiger partial charge in [-0.15, -0.1) is 0 Å². The van der Waals surface area contributed by atoms with Gasteiger partial charge in [-0.2, -0.15) is 5.10 Å². The van der Waals surface area contributed by atoms with Crippen LogP contribution in [0.15, 0.2) is 76.7 Å². The number of aryl methyl sites for hydroxylation is 2. The molecular weight excluding hydrogens is 454 g/mol. The number of benzene rings is 3. The van der Waals surface area contributed by atoms with Crippen molar-refractivity contribution in [1.29, 1.82) is 0 Å². The van der Waals surface area contributed by atoms with E-state index in [2.05, 4.69) is 10.5 Å². The van der Waals surface area contributed by atoms with Crippen molar-refractivity contribution in [2.45, 2.75) is 25.7 Å². The molecule has 3 aromatic rings. The van der Waals surface area contributed by atoms with Crippen LogP contribution in [0.4, 0.5) is 5.69 Å². The van der Waals surface area contributed by atoms with Gasteiger partial charge in [-0.25, -0.2) is 18.6 Å². The molecule has 0 radical (unpaired) electrons. The molecule has 8 nitrogen and oxygen atoms in total. The van der Waals surface area contributed by atoms with E-state index in [1.54, 1.807) is 43.3 Å². The Morgan fingerprint density at radius 3 is 2.24 bits per heavy atom. The second kappa shape index (κ2) is 10.3. The quantitative estimate of drug-likeness (QED) is 0.378. The average Bonchev–Trinajstić information content (AvgIpc) is 2.80. The molecule has 1 amide bonds. The number of nitrogens with zero attached hydrogens (tertiary/aromatic N) is 2. The largest absolute Gasteiger partial charge is 0.478 e. The molecule has 0 unspecified atom stereocenters. The van der Waals surface area contributed by atoms with Crippen LogP contribution >= 0.6 is 0 Å². The highest BCUT2D eigenvalue weighted by molar-refractivity contribution is 7.92. The van der Waals surface area contributed by atoms with Crippen molar-refractivity contribution in [3.63, 3.8) is 0 Å². The third-order valence-electron chi connectivity index (χ3n) is 5.30. The molecule has 0 saturated heterocycles. The number of amides is 1.